The number of aromatic nitrogens is 1. The molecule has 94 valence electrons. The van der Waals surface area contributed by atoms with E-state index in [0.717, 1.165) is 22.3 Å². The highest BCUT2D eigenvalue weighted by Crippen LogP contribution is 2.36. The molecule has 2 aromatic rings. The van der Waals surface area contributed by atoms with E-state index >= 15 is 0 Å². The quantitative estimate of drug-likeness (QED) is 0.790. The van der Waals surface area contributed by atoms with E-state index < -0.39 is 0 Å². The zero-order valence-electron chi connectivity index (χ0n) is 10.7. The molecule has 0 amide bonds. The summed E-state index contributed by atoms with van der Waals surface area (Å²) in [5.74, 6) is 0. The van der Waals surface area contributed by atoms with E-state index in [0.29, 0.717) is 0 Å². The number of nitrogen functional groups attached to an aromatic ring is 1. The summed E-state index contributed by atoms with van der Waals surface area (Å²) in [5.41, 5.74) is 9.26. The molecule has 18 heavy (non-hydrogen) atoms. The smallest absolute Gasteiger partial charge is 0.0724 e. The third-order valence-electron chi connectivity index (χ3n) is 3.97. The highest BCUT2D eigenvalue weighted by Gasteiger charge is 2.28. The molecule has 0 saturated heterocycles. The third-order valence-corrected chi connectivity index (χ3v) is 3.97. The number of anilines is 2. The van der Waals surface area contributed by atoms with E-state index in [1.54, 1.807) is 6.20 Å². The predicted molar refractivity (Wildman–Crippen MR) is 76.7 cm³/mol. The van der Waals surface area contributed by atoms with Gasteiger partial charge in [0.2, 0.25) is 0 Å². The molecule has 0 aliphatic heterocycles. The van der Waals surface area contributed by atoms with Crippen molar-refractivity contribution >= 4 is 22.3 Å². The first-order valence-electron chi connectivity index (χ1n) is 6.59. The first kappa shape index (κ1) is 11.3. The van der Waals surface area contributed by atoms with Crippen molar-refractivity contribution in [3.63, 3.8) is 0 Å². The number of hydrogen-bond acceptors (Lipinski definition) is 3. The maximum atomic E-state index is 6.25. The van der Waals surface area contributed by atoms with Crippen LogP contribution in [-0.2, 0) is 0 Å². The number of benzene rings is 1. The Labute approximate surface area is 107 Å². The Hall–Kier alpha value is -1.77. The molecule has 3 heteroatoms. The van der Waals surface area contributed by atoms with Crippen LogP contribution in [0.4, 0.5) is 11.4 Å². The van der Waals surface area contributed by atoms with Gasteiger partial charge in [0.25, 0.3) is 0 Å². The zero-order chi connectivity index (χ0) is 12.6. The normalized spacial score (nSPS) is 18.1. The Balaban J connectivity index is 1.99. The molecule has 0 bridgehead atoms. The number of hydrogen-bond donors (Lipinski definition) is 2. The number of nitrogens with two attached hydrogens (primary N) is 1. The van der Waals surface area contributed by atoms with Crippen LogP contribution in [0, 0.1) is 0 Å². The van der Waals surface area contributed by atoms with Gasteiger partial charge in [-0.1, -0.05) is 12.8 Å². The van der Waals surface area contributed by atoms with Crippen molar-refractivity contribution in [3.8, 4) is 0 Å². The molecular weight excluding hydrogens is 222 g/mol. The molecule has 1 saturated carbocycles. The van der Waals surface area contributed by atoms with Crippen LogP contribution in [0.1, 0.15) is 32.6 Å². The number of pyridine rings is 1. The molecule has 1 aromatic carbocycles. The Bertz CT molecular complexity index is 571. The van der Waals surface area contributed by atoms with Gasteiger partial charge in [-0.2, -0.15) is 0 Å². The summed E-state index contributed by atoms with van der Waals surface area (Å²) in [6, 6.07) is 8.04. The summed E-state index contributed by atoms with van der Waals surface area (Å²) >= 11 is 0. The first-order valence-corrected chi connectivity index (χ1v) is 6.59. The van der Waals surface area contributed by atoms with Crippen LogP contribution in [0.25, 0.3) is 10.9 Å². The number of rotatable bonds is 2. The third kappa shape index (κ3) is 1.90. The molecule has 0 radical (unpaired) electrons. The van der Waals surface area contributed by atoms with Crippen molar-refractivity contribution in [2.75, 3.05) is 11.1 Å². The van der Waals surface area contributed by atoms with Crippen LogP contribution < -0.4 is 11.1 Å². The average Bonchev–Trinajstić information content (AvgIpc) is 2.80. The van der Waals surface area contributed by atoms with E-state index in [1.807, 2.05) is 24.3 Å². The maximum Gasteiger partial charge on any atom is 0.0724 e. The Kier molecular flexibility index (Phi) is 2.62. The largest absolute Gasteiger partial charge is 0.397 e. The van der Waals surface area contributed by atoms with Gasteiger partial charge in [0, 0.05) is 17.1 Å². The molecule has 1 heterocycles. The molecule has 0 spiro atoms. The minimum Gasteiger partial charge on any atom is -0.397 e. The molecule has 3 N–H and O–H groups in total. The summed E-state index contributed by atoms with van der Waals surface area (Å²) in [6.45, 7) is 2.28. The van der Waals surface area contributed by atoms with Crippen molar-refractivity contribution in [1.29, 1.82) is 0 Å². The summed E-state index contributed by atoms with van der Waals surface area (Å²) < 4.78 is 0. The highest BCUT2D eigenvalue weighted by atomic mass is 15.0. The van der Waals surface area contributed by atoms with E-state index in [9.17, 15) is 0 Å². The molecule has 0 unspecified atom stereocenters. The molecule has 1 aliphatic rings. The molecule has 3 rings (SSSR count). The first-order chi connectivity index (χ1) is 8.68. The van der Waals surface area contributed by atoms with Crippen molar-refractivity contribution in [2.45, 2.75) is 38.1 Å². The second kappa shape index (κ2) is 4.16. The van der Waals surface area contributed by atoms with Crippen LogP contribution in [0.15, 0.2) is 30.5 Å². The number of fused-ring (bicyclic) bond motifs is 1. The fourth-order valence-corrected chi connectivity index (χ4v) is 2.89. The Morgan fingerprint density at radius 3 is 2.78 bits per heavy atom. The summed E-state index contributed by atoms with van der Waals surface area (Å²) in [6.07, 6.45) is 6.85. The molecular formula is C15H19N3. The second-order valence-corrected chi connectivity index (χ2v) is 5.49. The van der Waals surface area contributed by atoms with Gasteiger partial charge in [0.05, 0.1) is 16.9 Å². The molecule has 0 atom stereocenters. The van der Waals surface area contributed by atoms with Gasteiger partial charge < -0.3 is 11.1 Å². The molecule has 1 fully saturated rings. The van der Waals surface area contributed by atoms with E-state index in [4.69, 9.17) is 5.73 Å². The SMILES string of the molecule is CC1(Nc2ccc3ncccc3c2N)CCCC1. The van der Waals surface area contributed by atoms with Gasteiger partial charge in [-0.25, -0.2) is 0 Å². The van der Waals surface area contributed by atoms with E-state index in [2.05, 4.69) is 17.2 Å². The molecule has 3 nitrogen and oxygen atoms in total. The summed E-state index contributed by atoms with van der Waals surface area (Å²) in [5, 5.41) is 4.66. The van der Waals surface area contributed by atoms with Crippen molar-refractivity contribution in [1.82, 2.24) is 4.98 Å². The lowest BCUT2D eigenvalue weighted by Crippen LogP contribution is -2.31. The van der Waals surface area contributed by atoms with Gasteiger partial charge >= 0.3 is 0 Å². The Morgan fingerprint density at radius 1 is 1.22 bits per heavy atom. The van der Waals surface area contributed by atoms with Crippen molar-refractivity contribution < 1.29 is 0 Å². The number of nitrogens with zero attached hydrogens (tertiary/aromatic N) is 1. The average molecular weight is 241 g/mol. The monoisotopic (exact) mass is 241 g/mol. The highest BCUT2D eigenvalue weighted by molar-refractivity contribution is 5.96. The van der Waals surface area contributed by atoms with E-state index in [1.165, 1.54) is 25.7 Å². The lowest BCUT2D eigenvalue weighted by molar-refractivity contribution is 0.534. The van der Waals surface area contributed by atoms with Crippen molar-refractivity contribution in [3.05, 3.63) is 30.5 Å². The Morgan fingerprint density at radius 2 is 2.00 bits per heavy atom. The summed E-state index contributed by atoms with van der Waals surface area (Å²) in [7, 11) is 0. The fraction of sp³-hybridized carbons (Fsp3) is 0.400. The van der Waals surface area contributed by atoms with Crippen LogP contribution in [-0.4, -0.2) is 10.5 Å². The maximum absolute atomic E-state index is 6.25. The fourth-order valence-electron chi connectivity index (χ4n) is 2.89. The minimum atomic E-state index is 0.198. The van der Waals surface area contributed by atoms with Crippen LogP contribution in [0.3, 0.4) is 0 Å². The van der Waals surface area contributed by atoms with Crippen LogP contribution >= 0.6 is 0 Å². The topological polar surface area (TPSA) is 50.9 Å². The predicted octanol–water partition coefficient (Wildman–Crippen LogP) is 3.56. The van der Waals surface area contributed by atoms with Crippen LogP contribution in [0.5, 0.6) is 0 Å². The standard InChI is InChI=1S/C15H19N3/c1-15(8-2-3-9-15)18-13-7-6-12-11(14(13)16)5-4-10-17-12/h4-7,10,18H,2-3,8-9,16H2,1H3. The zero-order valence-corrected chi connectivity index (χ0v) is 10.7. The van der Waals surface area contributed by atoms with Gasteiger partial charge in [0.1, 0.15) is 0 Å². The molecule has 1 aliphatic carbocycles. The van der Waals surface area contributed by atoms with Gasteiger partial charge in [-0.3, -0.25) is 4.98 Å². The van der Waals surface area contributed by atoms with Gasteiger partial charge in [0.15, 0.2) is 0 Å². The van der Waals surface area contributed by atoms with Gasteiger partial charge in [-0.15, -0.1) is 0 Å². The second-order valence-electron chi connectivity index (χ2n) is 5.49. The van der Waals surface area contributed by atoms with Gasteiger partial charge in [-0.05, 0) is 44.0 Å². The molecule has 1 aromatic heterocycles. The van der Waals surface area contributed by atoms with Crippen LogP contribution in [0.2, 0.25) is 0 Å². The number of nitrogens with one attached hydrogen (secondary N) is 1. The minimum absolute atomic E-state index is 0.198. The summed E-state index contributed by atoms with van der Waals surface area (Å²) in [4.78, 5) is 4.32. The lowest BCUT2D eigenvalue weighted by Gasteiger charge is -2.27. The van der Waals surface area contributed by atoms with Crippen molar-refractivity contribution in [2.24, 2.45) is 0 Å². The van der Waals surface area contributed by atoms with E-state index in [-0.39, 0.29) is 5.54 Å². The lowest BCUT2D eigenvalue weighted by atomic mass is 9.99.